The average molecular weight is 345 g/mol. The lowest BCUT2D eigenvalue weighted by molar-refractivity contribution is -0.0498. The standard InChI is InChI=1S/C15H12BrF3O/c1-9-8-11(4-7-13(9)17)14(16)10-2-5-12(6-3-10)20-15(18)19/h2-8,14-15H,1H3. The Bertz CT molecular complexity index is 584. The molecular weight excluding hydrogens is 333 g/mol. The highest BCUT2D eigenvalue weighted by Gasteiger charge is 2.12. The zero-order valence-corrected chi connectivity index (χ0v) is 12.2. The van der Waals surface area contributed by atoms with Gasteiger partial charge in [0.2, 0.25) is 0 Å². The number of halogens is 4. The minimum Gasteiger partial charge on any atom is -0.435 e. The maximum absolute atomic E-state index is 13.2. The molecule has 0 heterocycles. The van der Waals surface area contributed by atoms with Crippen molar-refractivity contribution < 1.29 is 17.9 Å². The van der Waals surface area contributed by atoms with Crippen LogP contribution >= 0.6 is 15.9 Å². The number of rotatable bonds is 4. The van der Waals surface area contributed by atoms with E-state index in [0.717, 1.165) is 11.1 Å². The van der Waals surface area contributed by atoms with Gasteiger partial charge in [-0.05, 0) is 41.8 Å². The van der Waals surface area contributed by atoms with Gasteiger partial charge in [-0.15, -0.1) is 0 Å². The summed E-state index contributed by atoms with van der Waals surface area (Å²) < 4.78 is 41.6. The second-order valence-electron chi connectivity index (χ2n) is 4.32. The second-order valence-corrected chi connectivity index (χ2v) is 5.23. The summed E-state index contributed by atoms with van der Waals surface area (Å²) in [6, 6.07) is 11.2. The molecule has 0 radical (unpaired) electrons. The molecule has 1 nitrogen and oxygen atoms in total. The quantitative estimate of drug-likeness (QED) is 0.691. The minimum atomic E-state index is -2.83. The number of benzene rings is 2. The van der Waals surface area contributed by atoms with Crippen LogP contribution in [0.4, 0.5) is 13.2 Å². The van der Waals surface area contributed by atoms with Gasteiger partial charge in [0.25, 0.3) is 0 Å². The Hall–Kier alpha value is -1.49. The van der Waals surface area contributed by atoms with Crippen molar-refractivity contribution in [2.45, 2.75) is 18.4 Å². The Morgan fingerprint density at radius 1 is 1.00 bits per heavy atom. The topological polar surface area (TPSA) is 9.23 Å². The highest BCUT2D eigenvalue weighted by Crippen LogP contribution is 2.32. The number of hydrogen-bond acceptors (Lipinski definition) is 1. The van der Waals surface area contributed by atoms with E-state index in [1.54, 1.807) is 31.2 Å². The predicted molar refractivity (Wildman–Crippen MR) is 75.0 cm³/mol. The molecule has 2 aromatic carbocycles. The fraction of sp³-hybridized carbons (Fsp3) is 0.200. The van der Waals surface area contributed by atoms with Crippen LogP contribution in [-0.2, 0) is 0 Å². The highest BCUT2D eigenvalue weighted by molar-refractivity contribution is 9.09. The predicted octanol–water partition coefficient (Wildman–Crippen LogP) is 5.22. The summed E-state index contributed by atoms with van der Waals surface area (Å²) in [6.45, 7) is -1.14. The van der Waals surface area contributed by atoms with Gasteiger partial charge in [-0.3, -0.25) is 0 Å². The minimum absolute atomic E-state index is 0.110. The van der Waals surface area contributed by atoms with Gasteiger partial charge < -0.3 is 4.74 Å². The van der Waals surface area contributed by atoms with E-state index in [1.807, 2.05) is 0 Å². The van der Waals surface area contributed by atoms with E-state index in [2.05, 4.69) is 20.7 Å². The Morgan fingerprint density at radius 2 is 1.60 bits per heavy atom. The smallest absolute Gasteiger partial charge is 0.387 e. The lowest BCUT2D eigenvalue weighted by Crippen LogP contribution is -2.02. The molecule has 20 heavy (non-hydrogen) atoms. The zero-order valence-electron chi connectivity index (χ0n) is 10.6. The molecule has 1 unspecified atom stereocenters. The van der Waals surface area contributed by atoms with Crippen LogP contribution in [-0.4, -0.2) is 6.61 Å². The van der Waals surface area contributed by atoms with Crippen molar-refractivity contribution in [3.63, 3.8) is 0 Å². The third-order valence-electron chi connectivity index (χ3n) is 2.87. The van der Waals surface area contributed by atoms with Gasteiger partial charge in [0.05, 0.1) is 4.83 Å². The van der Waals surface area contributed by atoms with Crippen LogP contribution in [0.2, 0.25) is 0 Å². The van der Waals surface area contributed by atoms with Gasteiger partial charge in [0.1, 0.15) is 11.6 Å². The van der Waals surface area contributed by atoms with Crippen molar-refractivity contribution in [1.82, 2.24) is 0 Å². The Balaban J connectivity index is 2.20. The first-order valence-corrected chi connectivity index (χ1v) is 6.84. The maximum atomic E-state index is 13.2. The molecule has 1 atom stereocenters. The molecule has 5 heteroatoms. The first-order chi connectivity index (χ1) is 9.47. The van der Waals surface area contributed by atoms with Crippen LogP contribution in [0.5, 0.6) is 5.75 Å². The molecule has 0 aliphatic rings. The van der Waals surface area contributed by atoms with E-state index in [-0.39, 0.29) is 16.4 Å². The molecule has 0 saturated heterocycles. The number of ether oxygens (including phenoxy) is 1. The van der Waals surface area contributed by atoms with E-state index in [9.17, 15) is 13.2 Å². The normalized spacial score (nSPS) is 12.5. The maximum Gasteiger partial charge on any atom is 0.387 e. The molecule has 0 aromatic heterocycles. The average Bonchev–Trinajstić information content (AvgIpc) is 2.41. The van der Waals surface area contributed by atoms with Gasteiger partial charge in [-0.1, -0.05) is 40.2 Å². The zero-order chi connectivity index (χ0) is 14.7. The SMILES string of the molecule is Cc1cc(C(Br)c2ccc(OC(F)F)cc2)ccc1F. The van der Waals surface area contributed by atoms with Gasteiger partial charge in [-0.25, -0.2) is 4.39 Å². The van der Waals surface area contributed by atoms with Gasteiger partial charge in [-0.2, -0.15) is 8.78 Å². The van der Waals surface area contributed by atoms with Crippen molar-refractivity contribution in [3.8, 4) is 5.75 Å². The Kier molecular flexibility index (Phi) is 4.70. The first kappa shape index (κ1) is 14.9. The molecular formula is C15H12BrF3O. The van der Waals surface area contributed by atoms with Crippen LogP contribution < -0.4 is 4.74 Å². The summed E-state index contributed by atoms with van der Waals surface area (Å²) in [5.74, 6) is -0.145. The van der Waals surface area contributed by atoms with E-state index in [0.29, 0.717) is 5.56 Å². The molecule has 0 fully saturated rings. The molecule has 0 amide bonds. The molecule has 0 N–H and O–H groups in total. The highest BCUT2D eigenvalue weighted by atomic mass is 79.9. The van der Waals surface area contributed by atoms with Crippen LogP contribution in [0, 0.1) is 12.7 Å². The Labute approximate surface area is 123 Å². The van der Waals surface area contributed by atoms with Crippen molar-refractivity contribution in [2.75, 3.05) is 0 Å². The molecule has 106 valence electrons. The monoisotopic (exact) mass is 344 g/mol. The van der Waals surface area contributed by atoms with E-state index < -0.39 is 6.61 Å². The first-order valence-electron chi connectivity index (χ1n) is 5.92. The van der Waals surface area contributed by atoms with E-state index >= 15 is 0 Å². The molecule has 0 aliphatic carbocycles. The van der Waals surface area contributed by atoms with Crippen molar-refractivity contribution >= 4 is 15.9 Å². The third kappa shape index (κ3) is 3.54. The fourth-order valence-electron chi connectivity index (χ4n) is 1.84. The van der Waals surface area contributed by atoms with E-state index in [4.69, 9.17) is 0 Å². The van der Waals surface area contributed by atoms with Crippen LogP contribution in [0.15, 0.2) is 42.5 Å². The summed E-state index contributed by atoms with van der Waals surface area (Å²) in [7, 11) is 0. The number of alkyl halides is 3. The van der Waals surface area contributed by atoms with Crippen molar-refractivity contribution in [3.05, 3.63) is 65.0 Å². The molecule has 0 bridgehead atoms. The molecule has 0 spiro atoms. The molecule has 2 rings (SSSR count). The van der Waals surface area contributed by atoms with Crippen LogP contribution in [0.25, 0.3) is 0 Å². The second kappa shape index (κ2) is 6.31. The molecule has 0 saturated carbocycles. The Morgan fingerprint density at radius 3 is 2.15 bits per heavy atom. The lowest BCUT2D eigenvalue weighted by atomic mass is 10.0. The summed E-state index contributed by atoms with van der Waals surface area (Å²) >= 11 is 3.52. The molecule has 2 aromatic rings. The largest absolute Gasteiger partial charge is 0.435 e. The summed E-state index contributed by atoms with van der Waals surface area (Å²) in [6.07, 6.45) is 0. The molecule has 0 aliphatic heterocycles. The number of aryl methyl sites for hydroxylation is 1. The summed E-state index contributed by atoms with van der Waals surface area (Å²) in [5, 5.41) is 0. The van der Waals surface area contributed by atoms with Crippen LogP contribution in [0.1, 0.15) is 21.5 Å². The number of hydrogen-bond donors (Lipinski definition) is 0. The van der Waals surface area contributed by atoms with Crippen LogP contribution in [0.3, 0.4) is 0 Å². The van der Waals surface area contributed by atoms with E-state index in [1.165, 1.54) is 18.2 Å². The lowest BCUT2D eigenvalue weighted by Gasteiger charge is -2.13. The van der Waals surface area contributed by atoms with Crippen molar-refractivity contribution in [2.24, 2.45) is 0 Å². The van der Waals surface area contributed by atoms with Gasteiger partial charge >= 0.3 is 6.61 Å². The summed E-state index contributed by atoms with van der Waals surface area (Å²) in [5.41, 5.74) is 2.33. The van der Waals surface area contributed by atoms with Gasteiger partial charge in [0, 0.05) is 0 Å². The van der Waals surface area contributed by atoms with Crippen molar-refractivity contribution in [1.29, 1.82) is 0 Å². The third-order valence-corrected chi connectivity index (χ3v) is 3.93. The van der Waals surface area contributed by atoms with Gasteiger partial charge in [0.15, 0.2) is 0 Å². The fourth-order valence-corrected chi connectivity index (χ4v) is 2.43. The summed E-state index contributed by atoms with van der Waals surface area (Å²) in [4.78, 5) is -0.137.